The van der Waals surface area contributed by atoms with Crippen LogP contribution in [0, 0.1) is 17.3 Å². The number of amides is 1. The second-order valence-electron chi connectivity index (χ2n) is 6.48. The molecule has 1 amide bonds. The second kappa shape index (κ2) is 4.97. The van der Waals surface area contributed by atoms with Gasteiger partial charge in [-0.3, -0.25) is 4.79 Å². The molecule has 0 spiro atoms. The third kappa shape index (κ3) is 2.82. The van der Waals surface area contributed by atoms with E-state index in [0.29, 0.717) is 17.8 Å². The molecule has 1 saturated heterocycles. The molecule has 0 aromatic rings. The minimum atomic E-state index is 0.152. The molecular formula is C14H25NO2. The molecule has 1 atom stereocenters. The van der Waals surface area contributed by atoms with E-state index in [4.69, 9.17) is 5.11 Å². The Bertz CT molecular complexity index is 284. The Balaban J connectivity index is 1.93. The number of hydrogen-bond acceptors (Lipinski definition) is 2. The molecule has 98 valence electrons. The minimum absolute atomic E-state index is 0.152. The van der Waals surface area contributed by atoms with Gasteiger partial charge in [0.15, 0.2) is 0 Å². The van der Waals surface area contributed by atoms with E-state index < -0.39 is 0 Å². The number of hydrogen-bond donors (Lipinski definition) is 1. The Hall–Kier alpha value is -0.570. The Kier molecular flexibility index (Phi) is 3.76. The van der Waals surface area contributed by atoms with Crippen molar-refractivity contribution in [1.82, 2.24) is 4.90 Å². The lowest BCUT2D eigenvalue weighted by Crippen LogP contribution is -2.43. The Labute approximate surface area is 104 Å². The number of nitrogens with zero attached hydrogens (tertiary/aromatic N) is 1. The van der Waals surface area contributed by atoms with Crippen LogP contribution in [0.4, 0.5) is 0 Å². The van der Waals surface area contributed by atoms with Crippen molar-refractivity contribution in [1.29, 1.82) is 0 Å². The third-order valence-corrected chi connectivity index (χ3v) is 4.33. The molecule has 1 aliphatic heterocycles. The molecule has 2 rings (SSSR count). The smallest absolute Gasteiger partial charge is 0.223 e. The van der Waals surface area contributed by atoms with Gasteiger partial charge in [0.1, 0.15) is 0 Å². The predicted octanol–water partition coefficient (Wildman–Crippen LogP) is 2.04. The summed E-state index contributed by atoms with van der Waals surface area (Å²) in [4.78, 5) is 13.9. The van der Waals surface area contributed by atoms with Crippen molar-refractivity contribution in [3.63, 3.8) is 0 Å². The van der Waals surface area contributed by atoms with Gasteiger partial charge in [-0.15, -0.1) is 0 Å². The molecule has 17 heavy (non-hydrogen) atoms. The van der Waals surface area contributed by atoms with Gasteiger partial charge in [0, 0.05) is 32.0 Å². The second-order valence-corrected chi connectivity index (χ2v) is 6.48. The summed E-state index contributed by atoms with van der Waals surface area (Å²) < 4.78 is 0. The van der Waals surface area contributed by atoms with Gasteiger partial charge in [-0.1, -0.05) is 20.3 Å². The highest BCUT2D eigenvalue weighted by atomic mass is 16.3. The zero-order valence-corrected chi connectivity index (χ0v) is 11.1. The van der Waals surface area contributed by atoms with E-state index in [2.05, 4.69) is 13.8 Å². The lowest BCUT2D eigenvalue weighted by atomic mass is 9.64. The number of aliphatic hydroxyl groups excluding tert-OH is 1. The molecule has 2 aliphatic rings. The number of carbonyl (C=O) groups excluding carboxylic acids is 1. The molecule has 0 aromatic carbocycles. The molecule has 0 aromatic heterocycles. The summed E-state index contributed by atoms with van der Waals surface area (Å²) in [5.41, 5.74) is 0.397. The molecule has 3 nitrogen and oxygen atoms in total. The molecule has 0 radical (unpaired) electrons. The van der Waals surface area contributed by atoms with Crippen LogP contribution in [-0.4, -0.2) is 35.6 Å². The summed E-state index contributed by atoms with van der Waals surface area (Å²) in [5.74, 6) is 1.14. The molecular weight excluding hydrogens is 214 g/mol. The van der Waals surface area contributed by atoms with Gasteiger partial charge in [-0.25, -0.2) is 0 Å². The highest BCUT2D eigenvalue weighted by Crippen LogP contribution is 2.47. The van der Waals surface area contributed by atoms with Gasteiger partial charge in [-0.2, -0.15) is 0 Å². The quantitative estimate of drug-likeness (QED) is 0.797. The minimum Gasteiger partial charge on any atom is -0.396 e. The van der Waals surface area contributed by atoms with E-state index in [1.54, 1.807) is 0 Å². The van der Waals surface area contributed by atoms with Crippen molar-refractivity contribution in [2.75, 3.05) is 19.7 Å². The third-order valence-electron chi connectivity index (χ3n) is 4.33. The van der Waals surface area contributed by atoms with E-state index in [1.807, 2.05) is 4.90 Å². The molecule has 0 bridgehead atoms. The summed E-state index contributed by atoms with van der Waals surface area (Å²) >= 11 is 0. The van der Waals surface area contributed by atoms with Crippen LogP contribution in [0.1, 0.15) is 46.0 Å². The topological polar surface area (TPSA) is 40.5 Å². The molecule has 1 saturated carbocycles. The average Bonchev–Trinajstić information content (AvgIpc) is 2.55. The summed E-state index contributed by atoms with van der Waals surface area (Å²) in [6, 6.07) is 0. The maximum absolute atomic E-state index is 11.9. The fraction of sp³-hybridized carbons (Fsp3) is 0.929. The fourth-order valence-corrected chi connectivity index (χ4v) is 3.50. The first-order chi connectivity index (χ1) is 8.04. The first-order valence-electron chi connectivity index (χ1n) is 6.93. The molecule has 1 aliphatic carbocycles. The van der Waals surface area contributed by atoms with Crippen LogP contribution in [0.2, 0.25) is 0 Å². The zero-order chi connectivity index (χ0) is 12.5. The van der Waals surface area contributed by atoms with Crippen molar-refractivity contribution in [2.24, 2.45) is 17.3 Å². The van der Waals surface area contributed by atoms with E-state index in [9.17, 15) is 4.79 Å². The number of carbonyl (C=O) groups is 1. The first kappa shape index (κ1) is 12.9. The van der Waals surface area contributed by atoms with Crippen LogP contribution in [0.15, 0.2) is 0 Å². The maximum atomic E-state index is 11.9. The van der Waals surface area contributed by atoms with Gasteiger partial charge in [-0.05, 0) is 30.6 Å². The van der Waals surface area contributed by atoms with Crippen molar-refractivity contribution < 1.29 is 9.90 Å². The lowest BCUT2D eigenvalue weighted by Gasteiger charge is -2.45. The average molecular weight is 239 g/mol. The van der Waals surface area contributed by atoms with Crippen LogP contribution in [0.3, 0.4) is 0 Å². The first-order valence-corrected chi connectivity index (χ1v) is 6.93. The zero-order valence-electron chi connectivity index (χ0n) is 11.1. The standard InChI is InChI=1S/C14H25NO2/c1-11(2)7-14(4-3-5-14)10-15-8-12(9-16)6-13(15)17/h11-12,16H,3-10H2,1-2H3. The molecule has 1 N–H and O–H groups in total. The number of aliphatic hydroxyl groups is 1. The van der Waals surface area contributed by atoms with Crippen LogP contribution in [-0.2, 0) is 4.79 Å². The van der Waals surface area contributed by atoms with E-state index in [-0.39, 0.29) is 18.4 Å². The molecule has 3 heteroatoms. The van der Waals surface area contributed by atoms with Gasteiger partial charge in [0.2, 0.25) is 5.91 Å². The van der Waals surface area contributed by atoms with Crippen LogP contribution < -0.4 is 0 Å². The SMILES string of the molecule is CC(C)CC1(CN2CC(CO)CC2=O)CCC1. The molecule has 2 fully saturated rings. The molecule has 1 heterocycles. The Morgan fingerprint density at radius 3 is 2.59 bits per heavy atom. The monoisotopic (exact) mass is 239 g/mol. The normalized spacial score (nSPS) is 27.6. The summed E-state index contributed by atoms with van der Waals surface area (Å²) in [6.45, 7) is 6.39. The summed E-state index contributed by atoms with van der Waals surface area (Å²) in [7, 11) is 0. The van der Waals surface area contributed by atoms with Gasteiger partial charge < -0.3 is 10.0 Å². The van der Waals surface area contributed by atoms with Crippen LogP contribution >= 0.6 is 0 Å². The van der Waals surface area contributed by atoms with Crippen molar-refractivity contribution in [3.05, 3.63) is 0 Å². The largest absolute Gasteiger partial charge is 0.396 e. The van der Waals surface area contributed by atoms with Crippen molar-refractivity contribution >= 4 is 5.91 Å². The molecule has 1 unspecified atom stereocenters. The van der Waals surface area contributed by atoms with Gasteiger partial charge in [0.05, 0.1) is 0 Å². The number of likely N-dealkylation sites (tertiary alicyclic amines) is 1. The van der Waals surface area contributed by atoms with Crippen molar-refractivity contribution in [3.8, 4) is 0 Å². The maximum Gasteiger partial charge on any atom is 0.223 e. The van der Waals surface area contributed by atoms with Gasteiger partial charge in [0.25, 0.3) is 0 Å². The lowest BCUT2D eigenvalue weighted by molar-refractivity contribution is -0.130. The van der Waals surface area contributed by atoms with Crippen LogP contribution in [0.5, 0.6) is 0 Å². The van der Waals surface area contributed by atoms with Crippen molar-refractivity contribution in [2.45, 2.75) is 46.0 Å². The summed E-state index contributed by atoms with van der Waals surface area (Å²) in [5, 5.41) is 9.14. The van der Waals surface area contributed by atoms with E-state index >= 15 is 0 Å². The fourth-order valence-electron chi connectivity index (χ4n) is 3.50. The summed E-state index contributed by atoms with van der Waals surface area (Å²) in [6.07, 6.45) is 5.66. The van der Waals surface area contributed by atoms with Gasteiger partial charge >= 0.3 is 0 Å². The van der Waals surface area contributed by atoms with E-state index in [0.717, 1.165) is 13.1 Å². The highest BCUT2D eigenvalue weighted by molar-refractivity contribution is 5.78. The number of rotatable bonds is 5. The highest BCUT2D eigenvalue weighted by Gasteiger charge is 2.41. The Morgan fingerprint density at radius 2 is 2.18 bits per heavy atom. The predicted molar refractivity (Wildman–Crippen MR) is 67.5 cm³/mol. The van der Waals surface area contributed by atoms with E-state index in [1.165, 1.54) is 25.7 Å². The van der Waals surface area contributed by atoms with Crippen LogP contribution in [0.25, 0.3) is 0 Å². The Morgan fingerprint density at radius 1 is 1.47 bits per heavy atom.